The molecule has 0 radical (unpaired) electrons. The number of thiazole rings is 4. The van der Waals surface area contributed by atoms with Crippen LogP contribution >= 0.6 is 103 Å². The predicted molar refractivity (Wildman–Crippen MR) is 563 cm³/mol. The zero-order valence-electron chi connectivity index (χ0n) is 81.0. The van der Waals surface area contributed by atoms with Crippen molar-refractivity contribution in [1.29, 1.82) is 0 Å². The molecule has 10 heterocycles. The Morgan fingerprint density at radius 2 is 0.700 bits per heavy atom. The number of likely N-dealkylation sites (tertiary alicyclic amines) is 4. The number of hydrogen-bond donors (Lipinski definition) is 8. The SMILES string of the molecule is CN[C@@H](C)C(=O)N[C@H](C(=O)N1CCC[C@H]1c1nc(-c2ccc(Cl)c(Cl)c2)cs1)C1CCCCC1.CN[C@@H](C)C(=O)N[C@H](C(=O)N1CCC[C@H]1c1nc(-c2cccc(Cl)c2Cl)cs1)C1CCCCC1.CN[C@@H](C)C(=O)N[C@H](C(=O)N1CCC[C@H]1c1nc(-c2cccc3c(F)cccc23)cs1)C1CCOCC1.CN[C@@H](C)C(=O)N[C@H](C(=O)N1CCC[C@H]1c1nc(-c2csc3ccccc23)cs1)C1CCCCC1. The molecule has 0 unspecified atom stereocenters. The van der Waals surface area contributed by atoms with Gasteiger partial charge in [-0.25, -0.2) is 24.3 Å². The highest BCUT2D eigenvalue weighted by atomic mass is 35.5. The molecule has 10 aromatic rings. The molecule has 750 valence electrons. The Balaban J connectivity index is 0.000000141. The number of fused-ring (bicyclic) bond motifs is 2. The van der Waals surface area contributed by atoms with Crippen LogP contribution in [0.25, 0.3) is 65.9 Å². The van der Waals surface area contributed by atoms with E-state index in [1.807, 2.05) is 99.0 Å². The summed E-state index contributed by atoms with van der Waals surface area (Å²) < 4.78 is 21.1. The van der Waals surface area contributed by atoms with Crippen LogP contribution in [0.15, 0.2) is 124 Å². The van der Waals surface area contributed by atoms with Crippen molar-refractivity contribution in [3.05, 3.63) is 170 Å². The number of benzene rings is 5. The molecule has 18 rings (SSSR count). The van der Waals surface area contributed by atoms with Gasteiger partial charge in [-0.1, -0.05) is 171 Å². The molecule has 3 aliphatic carbocycles. The molecular weight excluding hydrogens is 1950 g/mol. The van der Waals surface area contributed by atoms with Gasteiger partial charge < -0.3 is 66.9 Å². The van der Waals surface area contributed by atoms with Crippen LogP contribution in [0.5, 0.6) is 0 Å². The predicted octanol–water partition coefficient (Wildman–Crippen LogP) is 20.6. The number of carbonyl (C=O) groups is 8. The van der Waals surface area contributed by atoms with Crippen molar-refractivity contribution >= 4 is 171 Å². The summed E-state index contributed by atoms with van der Waals surface area (Å²) in [5.41, 5.74) is 7.11. The maximum Gasteiger partial charge on any atom is 0.246 e. The summed E-state index contributed by atoms with van der Waals surface area (Å²) in [5.74, 6) is -0.141. The lowest BCUT2D eigenvalue weighted by Crippen LogP contribution is -2.56. The fourth-order valence-electron chi connectivity index (χ4n) is 20.8. The molecule has 5 aromatic heterocycles. The van der Waals surface area contributed by atoms with Crippen LogP contribution in [-0.2, 0) is 43.1 Å². The average Bonchev–Trinajstić information content (AvgIpc) is 1.59. The first-order valence-corrected chi connectivity index (χ1v) is 55.8. The quantitative estimate of drug-likeness (QED) is 0.0226. The van der Waals surface area contributed by atoms with Gasteiger partial charge in [0.05, 0.1) is 91.2 Å². The van der Waals surface area contributed by atoms with Gasteiger partial charge in [0.25, 0.3) is 0 Å². The third-order valence-corrected chi connectivity index (χ3v) is 35.7. The van der Waals surface area contributed by atoms with Gasteiger partial charge >= 0.3 is 0 Å². The van der Waals surface area contributed by atoms with E-state index in [0.717, 1.165) is 218 Å². The third-order valence-electron chi connectivity index (χ3n) is 29.4. The number of halogens is 5. The van der Waals surface area contributed by atoms with Crippen molar-refractivity contribution < 1.29 is 47.5 Å². The number of rotatable bonds is 28. The van der Waals surface area contributed by atoms with E-state index in [9.17, 15) is 42.7 Å². The summed E-state index contributed by atoms with van der Waals surface area (Å²) in [6, 6.07) is 26.3. The van der Waals surface area contributed by atoms with Crippen LogP contribution in [-0.4, -0.2) is 203 Å². The van der Waals surface area contributed by atoms with E-state index in [1.165, 1.54) is 46.8 Å². The van der Waals surface area contributed by atoms with Crippen molar-refractivity contribution in [3.8, 4) is 45.0 Å². The zero-order chi connectivity index (χ0) is 98.8. The Kier molecular flexibility index (Phi) is 38.0. The standard InChI is InChI=1S/C28H33FN4O3S.C27H34N4O2S2.2C25H32Cl2N4O2S/c1-17(30-2)26(34)32-25(18-11-14-36-15-12-18)28(35)33-13-5-10-24(33)27-31-23(16-37-27)21-8-3-7-20-19(21)6-4-9-22(20)29;1-17(28-2)25(32)30-24(18-9-4-3-5-10-18)27(33)31-14-8-12-22(31)26-29-21(16-35-26)20-15-34-23-13-7-6-11-19(20)23;1-15(28-2)23(32)30-22(16-8-4-3-5-9-16)25(33)31-13-7-12-20(31)24-29-19(14-34-24)17-10-6-11-18(26)21(17)27;1-15(28-2)23(32)30-22(16-7-4-3-5-8-16)25(33)31-12-6-9-21(31)24-29-20(14-34-24)17-10-11-18(26)19(27)13-17/h3-4,6-9,16-18,24-25,30H,5,10-15H2,1-2H3,(H,32,34);6-7,11,13,15-18,22,24,28H,3-5,8-10,12,14H2,1-2H3,(H,30,32);6,10-11,14-16,20,22,28H,3-5,7-9,12-13H2,1-2H3,(H,30,32);10-11,13-16,21-22,28H,3-9,12H2,1-2H3,(H,30,32)/t17-,24-,25-;17-,22-,24-;15-,20-,22-;15-,21-,22-/m0000/s1. The number of likely N-dealkylation sites (N-methyl/N-ethyl adjacent to an activating group) is 4. The van der Waals surface area contributed by atoms with E-state index in [0.29, 0.717) is 58.3 Å². The van der Waals surface area contributed by atoms with E-state index in [1.54, 1.807) is 105 Å². The van der Waals surface area contributed by atoms with E-state index >= 15 is 0 Å². The first-order valence-electron chi connectivity index (χ1n) is 49.9. The first-order chi connectivity index (χ1) is 67.8. The number of ether oxygens (including phenoxy) is 1. The number of aromatic nitrogens is 4. The molecule has 12 atom stereocenters. The van der Waals surface area contributed by atoms with Gasteiger partial charge in [-0.15, -0.1) is 56.7 Å². The molecule has 8 aliphatic rings. The van der Waals surface area contributed by atoms with E-state index in [2.05, 4.69) is 77.6 Å². The van der Waals surface area contributed by atoms with Gasteiger partial charge in [0, 0.05) is 104 Å². The summed E-state index contributed by atoms with van der Waals surface area (Å²) in [7, 11) is 7.02. The van der Waals surface area contributed by atoms with Gasteiger partial charge in [0.1, 0.15) is 50.0 Å². The second kappa shape index (κ2) is 50.3. The number of carbonyl (C=O) groups excluding carboxylic acids is 8. The van der Waals surface area contributed by atoms with Gasteiger partial charge in [0.15, 0.2) is 0 Å². The Hall–Kier alpha value is -8.51. The van der Waals surface area contributed by atoms with Crippen molar-refractivity contribution in [1.82, 2.24) is 82.1 Å². The molecule has 0 bridgehead atoms. The first kappa shape index (κ1) is 106. The van der Waals surface area contributed by atoms with Gasteiger partial charge in [-0.3, -0.25) is 38.4 Å². The zero-order valence-corrected chi connectivity index (χ0v) is 88.1. The van der Waals surface area contributed by atoms with Crippen molar-refractivity contribution in [2.75, 3.05) is 67.6 Å². The van der Waals surface area contributed by atoms with Crippen LogP contribution in [0.4, 0.5) is 4.39 Å². The molecule has 3 saturated carbocycles. The molecule has 5 saturated heterocycles. The topological polar surface area (TPSA) is 307 Å². The third kappa shape index (κ3) is 25.3. The second-order valence-corrected chi connectivity index (χ2v) is 44.3. The summed E-state index contributed by atoms with van der Waals surface area (Å²) in [6.07, 6.45) is 24.8. The lowest BCUT2D eigenvalue weighted by atomic mass is 9.83. The van der Waals surface area contributed by atoms with Gasteiger partial charge in [-0.05, 0) is 218 Å². The van der Waals surface area contributed by atoms with Crippen LogP contribution in [0.1, 0.15) is 232 Å². The Labute approximate surface area is 860 Å². The molecule has 8 fully saturated rings. The molecule has 8 N–H and O–H groups in total. The molecule has 25 nitrogen and oxygen atoms in total. The Bertz CT molecular complexity index is 5920. The lowest BCUT2D eigenvalue weighted by Gasteiger charge is -2.35. The van der Waals surface area contributed by atoms with Crippen LogP contribution < -0.4 is 42.5 Å². The second-order valence-electron chi connectivity index (χ2n) is 38.2. The molecular formula is C105H131Cl4FN16O9S5. The maximum absolute atomic E-state index is 14.4. The van der Waals surface area contributed by atoms with Gasteiger partial charge in [0.2, 0.25) is 47.3 Å². The summed E-state index contributed by atoms with van der Waals surface area (Å²) >= 11 is 32.9. The molecule has 140 heavy (non-hydrogen) atoms. The molecule has 8 amide bonds. The minimum absolute atomic E-state index is 0.0172. The highest BCUT2D eigenvalue weighted by Gasteiger charge is 2.46. The van der Waals surface area contributed by atoms with E-state index in [4.69, 9.17) is 71.1 Å². The number of amides is 8. The maximum atomic E-state index is 14.4. The average molecular weight is 2080 g/mol. The smallest absolute Gasteiger partial charge is 0.246 e. The number of nitrogens with zero attached hydrogens (tertiary/aromatic N) is 8. The summed E-state index contributed by atoms with van der Waals surface area (Å²) in [5, 5.41) is 42.8. The highest BCUT2D eigenvalue weighted by molar-refractivity contribution is 7.18. The summed E-state index contributed by atoms with van der Waals surface area (Å²) in [6.45, 7) is 11.2. The van der Waals surface area contributed by atoms with Crippen LogP contribution in [0.2, 0.25) is 20.1 Å². The van der Waals surface area contributed by atoms with E-state index in [-0.39, 0.29) is 119 Å². The highest BCUT2D eigenvalue weighted by Crippen LogP contribution is 2.46. The van der Waals surface area contributed by atoms with Crippen molar-refractivity contribution in [2.24, 2.45) is 23.7 Å². The van der Waals surface area contributed by atoms with Crippen LogP contribution in [0, 0.1) is 29.5 Å². The normalized spacial score (nSPS) is 20.6. The number of hydrogen-bond acceptors (Lipinski definition) is 22. The van der Waals surface area contributed by atoms with Crippen molar-refractivity contribution in [3.63, 3.8) is 0 Å². The Morgan fingerprint density at radius 3 is 1.11 bits per heavy atom. The largest absolute Gasteiger partial charge is 0.381 e. The number of nitrogens with one attached hydrogen (secondary N) is 8. The fraction of sp³-hybridized carbons (Fsp3) is 0.524. The van der Waals surface area contributed by atoms with Gasteiger partial charge in [-0.2, -0.15) is 0 Å². The van der Waals surface area contributed by atoms with Crippen LogP contribution in [0.3, 0.4) is 0 Å². The minimum atomic E-state index is -0.590. The summed E-state index contributed by atoms with van der Waals surface area (Å²) in [4.78, 5) is 134. The molecule has 5 aromatic carbocycles. The van der Waals surface area contributed by atoms with Crippen molar-refractivity contribution in [2.45, 2.75) is 261 Å². The number of thiophene rings is 1. The van der Waals surface area contributed by atoms with E-state index < -0.39 is 30.2 Å². The fourth-order valence-corrected chi connectivity index (χ4v) is 26.3. The minimum Gasteiger partial charge on any atom is -0.381 e. The molecule has 35 heteroatoms. The lowest BCUT2D eigenvalue weighted by molar-refractivity contribution is -0.140. The Morgan fingerprint density at radius 1 is 0.350 bits per heavy atom. The molecule has 0 spiro atoms. The monoisotopic (exact) mass is 2080 g/mol. The molecule has 5 aliphatic heterocycles.